The Hall–Kier alpha value is -0.260. The molecule has 0 heterocycles. The lowest BCUT2D eigenvalue weighted by Crippen LogP contribution is -2.36. The van der Waals surface area contributed by atoms with Gasteiger partial charge in [0.25, 0.3) is 0 Å². The quantitative estimate of drug-likeness (QED) is 0.470. The Morgan fingerprint density at radius 3 is 2.67 bits per heavy atom. The van der Waals surface area contributed by atoms with Crippen LogP contribution in [0.1, 0.15) is 6.92 Å². The first-order valence-corrected chi connectivity index (χ1v) is 4.31. The first-order valence-electron chi connectivity index (χ1n) is 3.67. The molecule has 0 amide bonds. The minimum atomic E-state index is -0.646. The van der Waals surface area contributed by atoms with Gasteiger partial charge in [-0.2, -0.15) is 12.6 Å². The lowest BCUT2D eigenvalue weighted by molar-refractivity contribution is -0.151. The number of ether oxygens (including phenoxy) is 2. The van der Waals surface area contributed by atoms with Crippen LogP contribution in [-0.2, 0) is 14.3 Å². The number of rotatable bonds is 5. The molecule has 0 aromatic rings. The van der Waals surface area contributed by atoms with Gasteiger partial charge in [0, 0.05) is 12.9 Å². The number of hydrogen-bond donors (Lipinski definition) is 2. The number of thiol groups is 1. The smallest absolute Gasteiger partial charge is 0.324 e. The number of nitrogens with two attached hydrogens (primary N) is 1. The van der Waals surface area contributed by atoms with E-state index in [0.717, 1.165) is 0 Å². The Morgan fingerprint density at radius 1 is 1.67 bits per heavy atom. The molecule has 12 heavy (non-hydrogen) atoms. The van der Waals surface area contributed by atoms with Crippen LogP contribution in [0.15, 0.2) is 0 Å². The zero-order chi connectivity index (χ0) is 9.56. The number of carbonyl (C=O) groups excluding carboxylic acids is 1. The second-order valence-electron chi connectivity index (χ2n) is 2.49. The number of carbonyl (C=O) groups is 1. The molecule has 0 rings (SSSR count). The molecule has 0 bridgehead atoms. The molecule has 72 valence electrons. The molecular weight excluding hydrogens is 178 g/mol. The van der Waals surface area contributed by atoms with Crippen LogP contribution >= 0.6 is 12.6 Å². The molecule has 4 nitrogen and oxygen atoms in total. The first-order chi connectivity index (χ1) is 5.61. The predicted octanol–water partition coefficient (Wildman–Crippen LogP) is -0.178. The van der Waals surface area contributed by atoms with Crippen LogP contribution in [0.25, 0.3) is 0 Å². The van der Waals surface area contributed by atoms with Gasteiger partial charge in [0.15, 0.2) is 0 Å². The topological polar surface area (TPSA) is 61.5 Å². The summed E-state index contributed by atoms with van der Waals surface area (Å²) in [7, 11) is 1.54. The van der Waals surface area contributed by atoms with E-state index in [-0.39, 0.29) is 6.10 Å². The summed E-state index contributed by atoms with van der Waals surface area (Å²) >= 11 is 3.87. The van der Waals surface area contributed by atoms with Crippen molar-refractivity contribution in [1.29, 1.82) is 0 Å². The van der Waals surface area contributed by atoms with E-state index in [0.29, 0.717) is 12.4 Å². The van der Waals surface area contributed by atoms with Gasteiger partial charge in [-0.15, -0.1) is 0 Å². The van der Waals surface area contributed by atoms with Crippen molar-refractivity contribution in [1.82, 2.24) is 0 Å². The minimum absolute atomic E-state index is 0.256. The van der Waals surface area contributed by atoms with E-state index in [2.05, 4.69) is 12.6 Å². The normalized spacial score (nSPS) is 15.3. The SMILES string of the molecule is COCC(C)OC(=O)[C@@H](N)CS. The van der Waals surface area contributed by atoms with Gasteiger partial charge in [0.2, 0.25) is 0 Å². The van der Waals surface area contributed by atoms with E-state index in [1.54, 1.807) is 14.0 Å². The van der Waals surface area contributed by atoms with Crippen LogP contribution < -0.4 is 5.73 Å². The van der Waals surface area contributed by atoms with Crippen molar-refractivity contribution in [2.45, 2.75) is 19.1 Å². The summed E-state index contributed by atoms with van der Waals surface area (Å²) < 4.78 is 9.69. The molecule has 2 atom stereocenters. The molecule has 0 saturated carbocycles. The Bertz CT molecular complexity index is 143. The second-order valence-corrected chi connectivity index (χ2v) is 2.86. The van der Waals surface area contributed by atoms with E-state index in [9.17, 15) is 4.79 Å². The molecule has 0 radical (unpaired) electrons. The summed E-state index contributed by atoms with van der Waals surface area (Å²) in [6, 6.07) is -0.646. The first kappa shape index (κ1) is 11.7. The van der Waals surface area contributed by atoms with Crippen LogP contribution in [0.4, 0.5) is 0 Å². The standard InChI is InChI=1S/C7H15NO3S/c1-5(3-10-2)11-7(9)6(8)4-12/h5-6,12H,3-4,8H2,1-2H3/t5?,6-/m0/s1. The van der Waals surface area contributed by atoms with Gasteiger partial charge in [-0.05, 0) is 6.92 Å². The lowest BCUT2D eigenvalue weighted by atomic mass is 10.3. The van der Waals surface area contributed by atoms with Crippen LogP contribution in [0.5, 0.6) is 0 Å². The van der Waals surface area contributed by atoms with Crippen LogP contribution in [0.2, 0.25) is 0 Å². The summed E-state index contributed by atoms with van der Waals surface area (Å²) in [6.07, 6.45) is -0.256. The summed E-state index contributed by atoms with van der Waals surface area (Å²) in [6.45, 7) is 2.12. The monoisotopic (exact) mass is 193 g/mol. The van der Waals surface area contributed by atoms with Gasteiger partial charge in [-0.1, -0.05) is 0 Å². The highest BCUT2D eigenvalue weighted by Crippen LogP contribution is 1.95. The number of esters is 1. The highest BCUT2D eigenvalue weighted by atomic mass is 32.1. The Labute approximate surface area is 77.8 Å². The van der Waals surface area contributed by atoms with Crippen LogP contribution in [0, 0.1) is 0 Å². The van der Waals surface area contributed by atoms with Crippen LogP contribution in [-0.4, -0.2) is 37.6 Å². The third-order valence-electron chi connectivity index (χ3n) is 1.22. The maximum Gasteiger partial charge on any atom is 0.324 e. The van der Waals surface area contributed by atoms with Crippen molar-refractivity contribution in [3.8, 4) is 0 Å². The van der Waals surface area contributed by atoms with E-state index < -0.39 is 12.0 Å². The average Bonchev–Trinajstić information content (AvgIpc) is 2.03. The van der Waals surface area contributed by atoms with Crippen molar-refractivity contribution < 1.29 is 14.3 Å². The molecular formula is C7H15NO3S. The van der Waals surface area contributed by atoms with Crippen molar-refractivity contribution in [2.24, 2.45) is 5.73 Å². The molecule has 5 heteroatoms. The fraction of sp³-hybridized carbons (Fsp3) is 0.857. The minimum Gasteiger partial charge on any atom is -0.459 e. The second kappa shape index (κ2) is 6.28. The number of hydrogen-bond acceptors (Lipinski definition) is 5. The van der Waals surface area contributed by atoms with E-state index in [1.807, 2.05) is 0 Å². The maximum absolute atomic E-state index is 11.0. The summed E-state index contributed by atoms with van der Waals surface area (Å²) in [5, 5.41) is 0. The largest absolute Gasteiger partial charge is 0.459 e. The van der Waals surface area contributed by atoms with Gasteiger partial charge in [0.05, 0.1) is 6.61 Å². The third-order valence-corrected chi connectivity index (χ3v) is 1.61. The molecule has 0 fully saturated rings. The highest BCUT2D eigenvalue weighted by Gasteiger charge is 2.15. The molecule has 0 aromatic carbocycles. The molecule has 0 aliphatic carbocycles. The summed E-state index contributed by atoms with van der Waals surface area (Å²) in [5.41, 5.74) is 5.37. The maximum atomic E-state index is 11.0. The zero-order valence-corrected chi connectivity index (χ0v) is 8.21. The Morgan fingerprint density at radius 2 is 2.25 bits per heavy atom. The highest BCUT2D eigenvalue weighted by molar-refractivity contribution is 7.80. The van der Waals surface area contributed by atoms with E-state index >= 15 is 0 Å². The molecule has 0 saturated heterocycles. The van der Waals surface area contributed by atoms with E-state index in [4.69, 9.17) is 15.2 Å². The lowest BCUT2D eigenvalue weighted by Gasteiger charge is -2.14. The van der Waals surface area contributed by atoms with Gasteiger partial charge >= 0.3 is 5.97 Å². The molecule has 0 aliphatic rings. The Balaban J connectivity index is 3.67. The zero-order valence-electron chi connectivity index (χ0n) is 7.32. The molecule has 2 N–H and O–H groups in total. The van der Waals surface area contributed by atoms with Gasteiger partial charge in [-0.3, -0.25) is 4.79 Å². The van der Waals surface area contributed by atoms with Gasteiger partial charge in [-0.25, -0.2) is 0 Å². The summed E-state index contributed by atoms with van der Waals surface area (Å²) in [5.74, 6) is -0.145. The molecule has 1 unspecified atom stereocenters. The predicted molar refractivity (Wildman–Crippen MR) is 49.3 cm³/mol. The third kappa shape index (κ3) is 4.58. The number of methoxy groups -OCH3 is 1. The fourth-order valence-electron chi connectivity index (χ4n) is 0.629. The molecule has 0 aromatic heterocycles. The van der Waals surface area contributed by atoms with Crippen molar-refractivity contribution >= 4 is 18.6 Å². The van der Waals surface area contributed by atoms with E-state index in [1.165, 1.54) is 0 Å². The molecule has 0 aliphatic heterocycles. The average molecular weight is 193 g/mol. The van der Waals surface area contributed by atoms with Gasteiger partial charge in [0.1, 0.15) is 12.1 Å². The molecule has 0 spiro atoms. The van der Waals surface area contributed by atoms with Crippen LogP contribution in [0.3, 0.4) is 0 Å². The van der Waals surface area contributed by atoms with Crippen molar-refractivity contribution in [3.63, 3.8) is 0 Å². The van der Waals surface area contributed by atoms with Gasteiger partial charge < -0.3 is 15.2 Å². The summed E-state index contributed by atoms with van der Waals surface area (Å²) in [4.78, 5) is 11.0. The van der Waals surface area contributed by atoms with Crippen molar-refractivity contribution in [3.05, 3.63) is 0 Å². The Kier molecular flexibility index (Phi) is 6.14. The van der Waals surface area contributed by atoms with Crippen molar-refractivity contribution in [2.75, 3.05) is 19.5 Å². The fourth-order valence-corrected chi connectivity index (χ4v) is 0.778.